The smallest absolute Gasteiger partial charge is 0.261 e. The predicted molar refractivity (Wildman–Crippen MR) is 97.3 cm³/mol. The Bertz CT molecular complexity index is 886. The van der Waals surface area contributed by atoms with Gasteiger partial charge in [0.15, 0.2) is 9.84 Å². The van der Waals surface area contributed by atoms with Crippen LogP contribution < -0.4 is 5.32 Å². The van der Waals surface area contributed by atoms with Crippen molar-refractivity contribution < 1.29 is 13.2 Å². The van der Waals surface area contributed by atoms with Crippen LogP contribution in [0.3, 0.4) is 0 Å². The van der Waals surface area contributed by atoms with E-state index >= 15 is 0 Å². The molecule has 3 rings (SSSR count). The van der Waals surface area contributed by atoms with Crippen molar-refractivity contribution in [3.63, 3.8) is 0 Å². The molecule has 1 N–H and O–H groups in total. The quantitative estimate of drug-likeness (QED) is 0.711. The molecule has 0 aliphatic carbocycles. The lowest BCUT2D eigenvalue weighted by Crippen LogP contribution is -2.31. The highest BCUT2D eigenvalue weighted by Crippen LogP contribution is 2.31. The zero-order valence-electron chi connectivity index (χ0n) is 12.6. The van der Waals surface area contributed by atoms with E-state index in [9.17, 15) is 13.2 Å². The standard InChI is InChI=1S/C17H15NO3S3/c19-17(15-9-5-11-23-15)18-12-16(14-8-4-10-22-14)24(20,21)13-6-2-1-3-7-13/h1-11,16H,12H2,(H,18,19)/t16-/m0/s1. The first-order valence-electron chi connectivity index (χ1n) is 7.23. The van der Waals surface area contributed by atoms with Crippen molar-refractivity contribution in [2.45, 2.75) is 10.1 Å². The molecule has 24 heavy (non-hydrogen) atoms. The minimum Gasteiger partial charge on any atom is -0.350 e. The van der Waals surface area contributed by atoms with Gasteiger partial charge in [0.05, 0.1) is 9.77 Å². The maximum absolute atomic E-state index is 13.0. The molecule has 3 aromatic rings. The van der Waals surface area contributed by atoms with Crippen LogP contribution in [0.5, 0.6) is 0 Å². The Morgan fingerprint density at radius 3 is 2.29 bits per heavy atom. The van der Waals surface area contributed by atoms with Gasteiger partial charge in [-0.15, -0.1) is 22.7 Å². The fourth-order valence-corrected chi connectivity index (χ4v) is 5.74. The molecule has 0 saturated heterocycles. The number of amides is 1. The van der Waals surface area contributed by atoms with Crippen LogP contribution in [0.25, 0.3) is 0 Å². The zero-order valence-corrected chi connectivity index (χ0v) is 15.0. The molecule has 1 atom stereocenters. The van der Waals surface area contributed by atoms with Gasteiger partial charge in [-0.05, 0) is 35.0 Å². The molecule has 0 spiro atoms. The summed E-state index contributed by atoms with van der Waals surface area (Å²) >= 11 is 2.70. The Morgan fingerprint density at radius 2 is 1.67 bits per heavy atom. The van der Waals surface area contributed by atoms with Crippen molar-refractivity contribution in [2.75, 3.05) is 6.54 Å². The Morgan fingerprint density at radius 1 is 0.958 bits per heavy atom. The monoisotopic (exact) mass is 377 g/mol. The van der Waals surface area contributed by atoms with E-state index in [0.29, 0.717) is 9.75 Å². The number of carbonyl (C=O) groups excluding carboxylic acids is 1. The number of benzene rings is 1. The molecule has 0 aliphatic heterocycles. The molecule has 0 saturated carbocycles. The fourth-order valence-electron chi connectivity index (χ4n) is 2.29. The van der Waals surface area contributed by atoms with Crippen LogP contribution in [0.15, 0.2) is 70.3 Å². The summed E-state index contributed by atoms with van der Waals surface area (Å²) in [6.07, 6.45) is 0. The predicted octanol–water partition coefficient (Wildman–Crippen LogP) is 3.75. The molecule has 2 heterocycles. The summed E-state index contributed by atoms with van der Waals surface area (Å²) in [5, 5.41) is 5.60. The Balaban J connectivity index is 1.86. The van der Waals surface area contributed by atoms with Crippen LogP contribution in [0.2, 0.25) is 0 Å². The second-order valence-corrected chi connectivity index (χ2v) is 9.11. The van der Waals surface area contributed by atoms with Gasteiger partial charge < -0.3 is 5.32 Å². The summed E-state index contributed by atoms with van der Waals surface area (Å²) in [4.78, 5) is 13.7. The van der Waals surface area contributed by atoms with Crippen LogP contribution in [-0.4, -0.2) is 20.9 Å². The lowest BCUT2D eigenvalue weighted by atomic mass is 10.3. The van der Waals surface area contributed by atoms with Gasteiger partial charge in [0.2, 0.25) is 0 Å². The summed E-state index contributed by atoms with van der Waals surface area (Å²) in [6.45, 7) is 0.0362. The second-order valence-electron chi connectivity index (χ2n) is 5.05. The largest absolute Gasteiger partial charge is 0.350 e. The molecule has 2 aromatic heterocycles. The summed E-state index contributed by atoms with van der Waals surface area (Å²) in [5.74, 6) is -0.255. The number of thiophene rings is 2. The highest BCUT2D eigenvalue weighted by atomic mass is 32.2. The van der Waals surface area contributed by atoms with Crippen LogP contribution in [0.1, 0.15) is 19.8 Å². The normalized spacial score (nSPS) is 12.7. The van der Waals surface area contributed by atoms with Gasteiger partial charge in [-0.1, -0.05) is 30.3 Å². The Hall–Kier alpha value is -1.96. The van der Waals surface area contributed by atoms with Crippen molar-refractivity contribution in [3.05, 3.63) is 75.1 Å². The minimum absolute atomic E-state index is 0.0362. The molecular formula is C17H15NO3S3. The highest BCUT2D eigenvalue weighted by Gasteiger charge is 2.30. The third kappa shape index (κ3) is 3.58. The van der Waals surface area contributed by atoms with Gasteiger partial charge >= 0.3 is 0 Å². The average molecular weight is 378 g/mol. The van der Waals surface area contributed by atoms with Crippen LogP contribution in [0.4, 0.5) is 0 Å². The third-order valence-electron chi connectivity index (χ3n) is 3.50. The number of carbonyl (C=O) groups is 1. The van der Waals surface area contributed by atoms with E-state index in [0.717, 1.165) is 0 Å². The van der Waals surface area contributed by atoms with E-state index in [2.05, 4.69) is 5.32 Å². The molecule has 1 aromatic carbocycles. The van der Waals surface area contributed by atoms with E-state index in [4.69, 9.17) is 0 Å². The van der Waals surface area contributed by atoms with Crippen molar-refractivity contribution in [3.8, 4) is 0 Å². The van der Waals surface area contributed by atoms with E-state index in [-0.39, 0.29) is 17.3 Å². The van der Waals surface area contributed by atoms with Gasteiger partial charge in [-0.3, -0.25) is 4.79 Å². The van der Waals surface area contributed by atoms with E-state index in [1.807, 2.05) is 16.8 Å². The maximum Gasteiger partial charge on any atom is 0.261 e. The molecule has 124 valence electrons. The number of hydrogen-bond acceptors (Lipinski definition) is 5. The third-order valence-corrected chi connectivity index (χ3v) is 7.60. The fraction of sp³-hybridized carbons (Fsp3) is 0.118. The molecule has 0 radical (unpaired) electrons. The Labute approximate surface area is 148 Å². The minimum atomic E-state index is -3.59. The molecule has 7 heteroatoms. The van der Waals surface area contributed by atoms with Crippen LogP contribution in [-0.2, 0) is 9.84 Å². The van der Waals surface area contributed by atoms with Crippen molar-refractivity contribution in [2.24, 2.45) is 0 Å². The topological polar surface area (TPSA) is 63.2 Å². The van der Waals surface area contributed by atoms with Gasteiger partial charge in [-0.25, -0.2) is 8.42 Å². The Kier molecular flexibility index (Phi) is 5.13. The second kappa shape index (κ2) is 7.29. The maximum atomic E-state index is 13.0. The van der Waals surface area contributed by atoms with Gasteiger partial charge in [0.1, 0.15) is 5.25 Å². The summed E-state index contributed by atoms with van der Waals surface area (Å²) in [6, 6.07) is 15.4. The number of nitrogens with one attached hydrogen (secondary N) is 1. The SMILES string of the molecule is O=C(NC[C@@H](c1cccs1)S(=O)(=O)c1ccccc1)c1cccs1. The number of rotatable bonds is 6. The first-order valence-corrected chi connectivity index (χ1v) is 10.5. The first-order chi connectivity index (χ1) is 11.6. The number of sulfone groups is 1. The molecule has 4 nitrogen and oxygen atoms in total. The molecular weight excluding hydrogens is 362 g/mol. The average Bonchev–Trinajstić information content (AvgIpc) is 3.29. The highest BCUT2D eigenvalue weighted by molar-refractivity contribution is 7.91. The lowest BCUT2D eigenvalue weighted by molar-refractivity contribution is 0.0958. The molecule has 1 amide bonds. The number of hydrogen-bond donors (Lipinski definition) is 1. The summed E-state index contributed by atoms with van der Waals surface area (Å²) < 4.78 is 26.0. The summed E-state index contributed by atoms with van der Waals surface area (Å²) in [5.41, 5.74) is 0. The van der Waals surface area contributed by atoms with Gasteiger partial charge in [0, 0.05) is 11.4 Å². The zero-order chi connectivity index (χ0) is 17.0. The van der Waals surface area contributed by atoms with E-state index in [1.165, 1.54) is 22.7 Å². The molecule has 0 bridgehead atoms. The van der Waals surface area contributed by atoms with Crippen molar-refractivity contribution in [1.82, 2.24) is 5.32 Å². The molecule has 0 fully saturated rings. The van der Waals surface area contributed by atoms with Crippen LogP contribution >= 0.6 is 22.7 Å². The van der Waals surface area contributed by atoms with Crippen molar-refractivity contribution >= 4 is 38.4 Å². The summed E-state index contributed by atoms with van der Waals surface area (Å²) in [7, 11) is -3.59. The lowest BCUT2D eigenvalue weighted by Gasteiger charge is -2.17. The van der Waals surface area contributed by atoms with E-state index < -0.39 is 15.1 Å². The van der Waals surface area contributed by atoms with Gasteiger partial charge in [0.25, 0.3) is 5.91 Å². The van der Waals surface area contributed by atoms with Crippen LogP contribution in [0, 0.1) is 0 Å². The molecule has 0 unspecified atom stereocenters. The molecule has 0 aliphatic rings. The van der Waals surface area contributed by atoms with E-state index in [1.54, 1.807) is 48.5 Å². The van der Waals surface area contributed by atoms with Crippen molar-refractivity contribution in [1.29, 1.82) is 0 Å². The van der Waals surface area contributed by atoms with Gasteiger partial charge in [-0.2, -0.15) is 0 Å². The first kappa shape index (κ1) is 16.9.